The molecule has 0 amide bonds. The van der Waals surface area contributed by atoms with Gasteiger partial charge in [0.25, 0.3) is 0 Å². The molecule has 3 nitrogen and oxygen atoms in total. The van der Waals surface area contributed by atoms with Gasteiger partial charge in [0.2, 0.25) is 0 Å². The highest BCUT2D eigenvalue weighted by atomic mass is 16.6. The number of ether oxygens (including phenoxy) is 2. The van der Waals surface area contributed by atoms with Gasteiger partial charge in [0.15, 0.2) is 0 Å². The average molecular weight is 357 g/mol. The molecule has 1 saturated heterocycles. The third-order valence-corrected chi connectivity index (χ3v) is 9.33. The van der Waals surface area contributed by atoms with Gasteiger partial charge >= 0.3 is 5.97 Å². The van der Waals surface area contributed by atoms with Crippen molar-refractivity contribution in [3.05, 3.63) is 23.5 Å². The predicted molar refractivity (Wildman–Crippen MR) is 100 cm³/mol. The van der Waals surface area contributed by atoms with E-state index in [1.165, 1.54) is 37.7 Å². The Balaban J connectivity index is 1.49. The van der Waals surface area contributed by atoms with Crippen molar-refractivity contribution in [3.8, 4) is 0 Å². The number of allylic oxidation sites excluding steroid dienone is 4. The molecule has 5 aliphatic rings. The molecule has 142 valence electrons. The monoisotopic (exact) mass is 356 g/mol. The van der Waals surface area contributed by atoms with E-state index in [9.17, 15) is 4.79 Å². The summed E-state index contributed by atoms with van der Waals surface area (Å²) in [4.78, 5) is 12.0. The SMILES string of the molecule is COC1=CC2=CCC3C(CC[C@@]4(C)C3CC[C@@]43CCC(=O)O3)[C@@]2(C)CC1. The van der Waals surface area contributed by atoms with E-state index in [4.69, 9.17) is 9.47 Å². The van der Waals surface area contributed by atoms with Crippen molar-refractivity contribution in [1.82, 2.24) is 0 Å². The Hall–Kier alpha value is -1.25. The first-order valence-corrected chi connectivity index (χ1v) is 10.6. The van der Waals surface area contributed by atoms with Crippen molar-refractivity contribution in [2.24, 2.45) is 28.6 Å². The molecule has 3 heteroatoms. The van der Waals surface area contributed by atoms with Crippen molar-refractivity contribution >= 4 is 5.97 Å². The Kier molecular flexibility index (Phi) is 3.50. The maximum Gasteiger partial charge on any atom is 0.306 e. The molecule has 1 spiro atoms. The van der Waals surface area contributed by atoms with E-state index in [1.807, 2.05) is 0 Å². The number of esters is 1. The second-order valence-corrected chi connectivity index (χ2v) is 9.97. The lowest BCUT2D eigenvalue weighted by Gasteiger charge is -2.58. The van der Waals surface area contributed by atoms with Gasteiger partial charge in [-0.1, -0.05) is 19.9 Å². The van der Waals surface area contributed by atoms with E-state index in [0.29, 0.717) is 17.8 Å². The standard InChI is InChI=1S/C23H32O3/c1-21-10-6-16(25-3)14-15(21)4-5-17-18(21)7-11-22(2)19(17)8-12-23(22)13-9-20(24)26-23/h4,14,17-19H,5-13H2,1-3H3/t17?,18?,19?,21-,22-,23+/m0/s1. The molecule has 0 N–H and O–H groups in total. The van der Waals surface area contributed by atoms with Crippen LogP contribution in [0.15, 0.2) is 23.5 Å². The van der Waals surface area contributed by atoms with E-state index in [1.54, 1.807) is 7.11 Å². The number of carbonyl (C=O) groups is 1. The first kappa shape index (κ1) is 16.9. The second-order valence-electron chi connectivity index (χ2n) is 9.97. The van der Waals surface area contributed by atoms with Gasteiger partial charge in [-0.25, -0.2) is 0 Å². The van der Waals surface area contributed by atoms with Crippen LogP contribution >= 0.6 is 0 Å². The summed E-state index contributed by atoms with van der Waals surface area (Å²) in [5.74, 6) is 3.40. The summed E-state index contributed by atoms with van der Waals surface area (Å²) in [7, 11) is 1.80. The van der Waals surface area contributed by atoms with Crippen LogP contribution in [0.1, 0.15) is 71.6 Å². The molecule has 0 aromatic rings. The zero-order valence-electron chi connectivity index (χ0n) is 16.5. The largest absolute Gasteiger partial charge is 0.501 e. The van der Waals surface area contributed by atoms with Crippen LogP contribution in [0, 0.1) is 28.6 Å². The number of carbonyl (C=O) groups excluding carboxylic acids is 1. The number of fused-ring (bicyclic) bond motifs is 6. The molecule has 4 aliphatic carbocycles. The van der Waals surface area contributed by atoms with Crippen LogP contribution in [0.5, 0.6) is 0 Å². The summed E-state index contributed by atoms with van der Waals surface area (Å²) < 4.78 is 11.6. The van der Waals surface area contributed by atoms with E-state index in [0.717, 1.165) is 36.9 Å². The highest BCUT2D eigenvalue weighted by Crippen LogP contribution is 2.69. The van der Waals surface area contributed by atoms with Crippen LogP contribution in [0.25, 0.3) is 0 Å². The fourth-order valence-electron chi connectivity index (χ4n) is 7.76. The van der Waals surface area contributed by atoms with Gasteiger partial charge in [0.1, 0.15) is 5.60 Å². The minimum Gasteiger partial charge on any atom is -0.501 e. The van der Waals surface area contributed by atoms with Gasteiger partial charge < -0.3 is 9.47 Å². The molecule has 6 atom stereocenters. The van der Waals surface area contributed by atoms with E-state index >= 15 is 0 Å². The molecule has 1 heterocycles. The zero-order valence-corrected chi connectivity index (χ0v) is 16.5. The Labute approximate surface area is 157 Å². The zero-order chi connectivity index (χ0) is 18.2. The summed E-state index contributed by atoms with van der Waals surface area (Å²) in [6.45, 7) is 4.95. The number of rotatable bonds is 1. The van der Waals surface area contributed by atoms with Gasteiger partial charge in [0, 0.05) is 18.3 Å². The third-order valence-electron chi connectivity index (χ3n) is 9.33. The summed E-state index contributed by atoms with van der Waals surface area (Å²) in [5, 5.41) is 0. The lowest BCUT2D eigenvalue weighted by Crippen LogP contribution is -2.54. The molecule has 5 rings (SSSR count). The molecule has 3 unspecified atom stereocenters. The molecule has 0 aromatic carbocycles. The first-order valence-electron chi connectivity index (χ1n) is 10.6. The molecule has 3 fully saturated rings. The molecule has 26 heavy (non-hydrogen) atoms. The van der Waals surface area contributed by atoms with Gasteiger partial charge in [0.05, 0.1) is 12.9 Å². The van der Waals surface area contributed by atoms with Crippen LogP contribution in [-0.4, -0.2) is 18.7 Å². The van der Waals surface area contributed by atoms with Crippen LogP contribution < -0.4 is 0 Å². The van der Waals surface area contributed by atoms with Crippen molar-refractivity contribution in [1.29, 1.82) is 0 Å². The summed E-state index contributed by atoms with van der Waals surface area (Å²) >= 11 is 0. The van der Waals surface area contributed by atoms with Gasteiger partial charge in [-0.3, -0.25) is 4.79 Å². The van der Waals surface area contributed by atoms with E-state index in [-0.39, 0.29) is 17.0 Å². The lowest BCUT2D eigenvalue weighted by atomic mass is 9.47. The van der Waals surface area contributed by atoms with E-state index < -0.39 is 0 Å². The van der Waals surface area contributed by atoms with Gasteiger partial charge in [-0.15, -0.1) is 0 Å². The summed E-state index contributed by atoms with van der Waals surface area (Å²) in [5.41, 5.74) is 1.85. The number of methoxy groups -OCH3 is 1. The topological polar surface area (TPSA) is 35.5 Å². The second kappa shape index (κ2) is 5.39. The average Bonchev–Trinajstić information content (AvgIpc) is 3.15. The Morgan fingerprint density at radius 2 is 1.88 bits per heavy atom. The maximum atomic E-state index is 12.0. The lowest BCUT2D eigenvalue weighted by molar-refractivity contribution is -0.167. The van der Waals surface area contributed by atoms with Crippen molar-refractivity contribution < 1.29 is 14.3 Å². The molecular formula is C23H32O3. The highest BCUT2D eigenvalue weighted by molar-refractivity contribution is 5.72. The number of hydrogen-bond acceptors (Lipinski definition) is 3. The summed E-state index contributed by atoms with van der Waals surface area (Å²) in [6.07, 6.45) is 14.7. The Morgan fingerprint density at radius 1 is 1.08 bits per heavy atom. The fourth-order valence-corrected chi connectivity index (χ4v) is 7.76. The molecule has 2 saturated carbocycles. The highest BCUT2D eigenvalue weighted by Gasteiger charge is 2.66. The number of hydrogen-bond donors (Lipinski definition) is 0. The van der Waals surface area contributed by atoms with Crippen molar-refractivity contribution in [3.63, 3.8) is 0 Å². The molecule has 0 radical (unpaired) electrons. The molecular weight excluding hydrogens is 324 g/mol. The van der Waals surface area contributed by atoms with Crippen LogP contribution in [0.4, 0.5) is 0 Å². The molecule has 0 bridgehead atoms. The summed E-state index contributed by atoms with van der Waals surface area (Å²) in [6, 6.07) is 0. The van der Waals surface area contributed by atoms with Crippen molar-refractivity contribution in [2.45, 2.75) is 77.2 Å². The quantitative estimate of drug-likeness (QED) is 0.608. The minimum absolute atomic E-state index is 0.0382. The molecule has 1 aliphatic heterocycles. The predicted octanol–water partition coefficient (Wildman–Crippen LogP) is 5.17. The Bertz CT molecular complexity index is 706. The third kappa shape index (κ3) is 1.98. The van der Waals surface area contributed by atoms with Gasteiger partial charge in [-0.05, 0) is 79.8 Å². The smallest absolute Gasteiger partial charge is 0.306 e. The van der Waals surface area contributed by atoms with Crippen LogP contribution in [0.2, 0.25) is 0 Å². The fraction of sp³-hybridized carbons (Fsp3) is 0.783. The normalized spacial score (nSPS) is 49.7. The molecule has 0 aromatic heterocycles. The van der Waals surface area contributed by atoms with Gasteiger partial charge in [-0.2, -0.15) is 0 Å². The first-order chi connectivity index (χ1) is 12.4. The maximum absolute atomic E-state index is 12.0. The Morgan fingerprint density at radius 3 is 2.62 bits per heavy atom. The van der Waals surface area contributed by atoms with Crippen LogP contribution in [-0.2, 0) is 14.3 Å². The van der Waals surface area contributed by atoms with Crippen molar-refractivity contribution in [2.75, 3.05) is 7.11 Å². The van der Waals surface area contributed by atoms with E-state index in [2.05, 4.69) is 26.0 Å². The minimum atomic E-state index is -0.152. The van der Waals surface area contributed by atoms with Crippen LogP contribution in [0.3, 0.4) is 0 Å².